The van der Waals surface area contributed by atoms with Crippen LogP contribution in [0.3, 0.4) is 0 Å². The number of hydrogen-bond donors (Lipinski definition) is 0. The monoisotopic (exact) mass is 450 g/mol. The Bertz CT molecular complexity index is 1040. The Morgan fingerprint density at radius 3 is 2.15 bits per heavy atom. The summed E-state index contributed by atoms with van der Waals surface area (Å²) in [5.41, 5.74) is 0.599. The van der Waals surface area contributed by atoms with Crippen LogP contribution in [0.1, 0.15) is 99.8 Å². The molecule has 0 aromatic rings. The maximum Gasteiger partial charge on any atom is 0.162 e. The molecule has 33 heavy (non-hydrogen) atoms. The highest BCUT2D eigenvalue weighted by Crippen LogP contribution is 2.79. The molecule has 6 aliphatic carbocycles. The van der Waals surface area contributed by atoms with Crippen LogP contribution in [-0.2, 0) is 14.4 Å². The summed E-state index contributed by atoms with van der Waals surface area (Å²) >= 11 is 0. The molecule has 0 heterocycles. The second kappa shape index (κ2) is 5.93. The van der Waals surface area contributed by atoms with Crippen LogP contribution in [0.5, 0.6) is 0 Å². The molecule has 3 nitrogen and oxygen atoms in total. The average Bonchev–Trinajstić information content (AvgIpc) is 3.13. The molecule has 0 N–H and O–H groups in total. The van der Waals surface area contributed by atoms with Gasteiger partial charge in [0.25, 0.3) is 0 Å². The van der Waals surface area contributed by atoms with Gasteiger partial charge in [-0.25, -0.2) is 0 Å². The van der Waals surface area contributed by atoms with Crippen molar-refractivity contribution in [3.8, 4) is 0 Å². The van der Waals surface area contributed by atoms with E-state index >= 15 is 0 Å². The molecule has 6 rings (SSSR count). The van der Waals surface area contributed by atoms with Crippen LogP contribution in [0, 0.1) is 56.2 Å². The predicted octanol–water partition coefficient (Wildman–Crippen LogP) is 6.35. The fourth-order valence-electron chi connectivity index (χ4n) is 11.8. The Hall–Kier alpha value is -1.25. The summed E-state index contributed by atoms with van der Waals surface area (Å²) in [5.74, 6) is 2.14. The Morgan fingerprint density at radius 1 is 0.758 bits per heavy atom. The van der Waals surface area contributed by atoms with Gasteiger partial charge in [-0.1, -0.05) is 54.0 Å². The Morgan fingerprint density at radius 2 is 1.45 bits per heavy atom. The fraction of sp³-hybridized carbons (Fsp3) is 0.833. The van der Waals surface area contributed by atoms with E-state index in [4.69, 9.17) is 0 Å². The van der Waals surface area contributed by atoms with Gasteiger partial charge in [-0.15, -0.1) is 0 Å². The molecule has 0 aromatic heterocycles. The maximum atomic E-state index is 14.3. The third-order valence-electron chi connectivity index (χ3n) is 13.4. The van der Waals surface area contributed by atoms with Crippen LogP contribution in [0.2, 0.25) is 0 Å². The van der Waals surface area contributed by atoms with Gasteiger partial charge in [0.1, 0.15) is 11.6 Å². The van der Waals surface area contributed by atoms with Crippen molar-refractivity contribution in [2.24, 2.45) is 56.2 Å². The third-order valence-corrected chi connectivity index (χ3v) is 13.4. The average molecular weight is 451 g/mol. The van der Waals surface area contributed by atoms with Crippen LogP contribution in [0.15, 0.2) is 11.6 Å². The number of Topliss-reactive ketones (excluding diaryl/α,β-unsaturated/α-hetero) is 2. The first-order valence-corrected chi connectivity index (χ1v) is 13.5. The number of hydrogen-bond acceptors (Lipinski definition) is 3. The van der Waals surface area contributed by atoms with Crippen molar-refractivity contribution in [1.29, 1.82) is 0 Å². The van der Waals surface area contributed by atoms with E-state index < -0.39 is 0 Å². The molecule has 0 amide bonds. The van der Waals surface area contributed by atoms with Crippen molar-refractivity contribution in [3.05, 3.63) is 11.6 Å². The minimum Gasteiger partial charge on any atom is -0.299 e. The number of ketones is 3. The fourth-order valence-corrected chi connectivity index (χ4v) is 11.8. The first kappa shape index (κ1) is 22.2. The van der Waals surface area contributed by atoms with Gasteiger partial charge in [-0.05, 0) is 84.0 Å². The molecule has 180 valence electrons. The van der Waals surface area contributed by atoms with Crippen LogP contribution in [0.4, 0.5) is 0 Å². The van der Waals surface area contributed by atoms with E-state index in [0.717, 1.165) is 38.5 Å². The number of allylic oxidation sites excluding steroid dienone is 2. The van der Waals surface area contributed by atoms with Gasteiger partial charge >= 0.3 is 0 Å². The van der Waals surface area contributed by atoms with Gasteiger partial charge in [-0.2, -0.15) is 0 Å². The lowest BCUT2D eigenvalue weighted by Gasteiger charge is -2.72. The molecule has 0 spiro atoms. The molecule has 6 aliphatic rings. The summed E-state index contributed by atoms with van der Waals surface area (Å²) in [6.45, 7) is 16.2. The molecule has 0 bridgehead atoms. The first-order valence-electron chi connectivity index (χ1n) is 13.5. The maximum absolute atomic E-state index is 14.3. The first-order chi connectivity index (χ1) is 15.2. The van der Waals surface area contributed by atoms with Crippen molar-refractivity contribution in [3.63, 3.8) is 0 Å². The zero-order chi connectivity index (χ0) is 24.0. The minimum atomic E-state index is -0.299. The Labute approximate surface area is 199 Å². The Balaban J connectivity index is 1.50. The molecule has 0 aliphatic heterocycles. The van der Waals surface area contributed by atoms with Crippen molar-refractivity contribution >= 4 is 17.3 Å². The standard InChI is InChI=1S/C30H42O3/c1-25(2)19-8-11-29(6)20(26(19,3)10-9-21(25)32)15-18(31)24-28(5)13-12-27(4)22(33)14-17(23(27)28)16-30(24,29)7/h14,19-20,23-24H,8-13,15-16H2,1-7H3/t19-,20+,23-,24+,26-,27-,28-,29+,30+/m0/s1. The lowest BCUT2D eigenvalue weighted by molar-refractivity contribution is -0.223. The van der Waals surface area contributed by atoms with Gasteiger partial charge in [0.2, 0.25) is 0 Å². The van der Waals surface area contributed by atoms with Crippen molar-refractivity contribution < 1.29 is 14.4 Å². The van der Waals surface area contributed by atoms with Crippen molar-refractivity contribution in [1.82, 2.24) is 0 Å². The molecular formula is C30H42O3. The summed E-state index contributed by atoms with van der Waals surface area (Å²) in [4.78, 5) is 40.4. The van der Waals surface area contributed by atoms with E-state index in [0.29, 0.717) is 42.0 Å². The lowest BCUT2D eigenvalue weighted by Crippen LogP contribution is -2.69. The predicted molar refractivity (Wildman–Crippen MR) is 128 cm³/mol. The zero-order valence-electron chi connectivity index (χ0n) is 21.8. The van der Waals surface area contributed by atoms with Gasteiger partial charge in [0.15, 0.2) is 5.78 Å². The highest BCUT2D eigenvalue weighted by atomic mass is 16.1. The SMILES string of the molecule is CC1(C)C(=O)CC[C@]2(C)[C@H]3CC(=O)[C@@H]4[C@@]5(C)CC[C@@]6(C)C(=O)C=C(C[C@@]4(C)[C@]3(C)CC[C@@H]12)[C@H]56. The zero-order valence-corrected chi connectivity index (χ0v) is 21.8. The molecule has 0 unspecified atom stereocenters. The van der Waals surface area contributed by atoms with E-state index in [1.54, 1.807) is 0 Å². The molecule has 9 atom stereocenters. The number of rotatable bonds is 0. The normalized spacial score (nSPS) is 56.6. The number of carbonyl (C=O) groups is 3. The van der Waals surface area contributed by atoms with Crippen molar-refractivity contribution in [2.45, 2.75) is 99.8 Å². The minimum absolute atomic E-state index is 0.0237. The lowest BCUT2D eigenvalue weighted by atomic mass is 9.31. The number of carbonyl (C=O) groups excluding carboxylic acids is 3. The van der Waals surface area contributed by atoms with E-state index in [1.807, 2.05) is 6.08 Å². The molecule has 0 saturated heterocycles. The summed E-state index contributed by atoms with van der Waals surface area (Å²) < 4.78 is 0. The van der Waals surface area contributed by atoms with Crippen LogP contribution in [-0.4, -0.2) is 17.3 Å². The quantitative estimate of drug-likeness (QED) is 0.432. The second-order valence-corrected chi connectivity index (χ2v) is 14.8. The Kier molecular flexibility index (Phi) is 3.99. The van der Waals surface area contributed by atoms with Crippen LogP contribution < -0.4 is 0 Å². The van der Waals surface area contributed by atoms with Gasteiger partial charge in [0.05, 0.1) is 0 Å². The van der Waals surface area contributed by atoms with E-state index in [2.05, 4.69) is 48.5 Å². The second-order valence-electron chi connectivity index (χ2n) is 14.8. The molecular weight excluding hydrogens is 408 g/mol. The molecule has 0 aromatic carbocycles. The molecule has 0 radical (unpaired) electrons. The van der Waals surface area contributed by atoms with Crippen LogP contribution in [0.25, 0.3) is 0 Å². The topological polar surface area (TPSA) is 51.2 Å². The van der Waals surface area contributed by atoms with Crippen LogP contribution >= 0.6 is 0 Å². The summed E-state index contributed by atoms with van der Waals surface area (Å²) in [7, 11) is 0. The highest BCUT2D eigenvalue weighted by Gasteiger charge is 2.76. The third kappa shape index (κ3) is 2.19. The molecule has 5 fully saturated rings. The van der Waals surface area contributed by atoms with E-state index in [-0.39, 0.29) is 44.3 Å². The van der Waals surface area contributed by atoms with Gasteiger partial charge < -0.3 is 0 Å². The van der Waals surface area contributed by atoms with Gasteiger partial charge in [0, 0.05) is 29.6 Å². The summed E-state index contributed by atoms with van der Waals surface area (Å²) in [5, 5.41) is 0. The van der Waals surface area contributed by atoms with E-state index in [1.165, 1.54) is 5.57 Å². The number of fused-ring (bicyclic) bond motifs is 6. The largest absolute Gasteiger partial charge is 0.299 e. The van der Waals surface area contributed by atoms with Crippen molar-refractivity contribution in [2.75, 3.05) is 0 Å². The highest BCUT2D eigenvalue weighted by molar-refractivity contribution is 6.00. The van der Waals surface area contributed by atoms with Gasteiger partial charge in [-0.3, -0.25) is 14.4 Å². The van der Waals surface area contributed by atoms with E-state index in [9.17, 15) is 14.4 Å². The smallest absolute Gasteiger partial charge is 0.162 e. The summed E-state index contributed by atoms with van der Waals surface area (Å²) in [6, 6.07) is 0. The molecule has 3 heteroatoms. The summed E-state index contributed by atoms with van der Waals surface area (Å²) in [6.07, 6.45) is 9.22. The molecule has 5 saturated carbocycles.